The average Bonchev–Trinajstić information content (AvgIpc) is 2.66. The van der Waals surface area contributed by atoms with Gasteiger partial charge in [-0.1, -0.05) is 83.4 Å². The van der Waals surface area contributed by atoms with Crippen molar-refractivity contribution in [3.05, 3.63) is 99.0 Å². The molecule has 0 aliphatic carbocycles. The van der Waals surface area contributed by atoms with Crippen molar-refractivity contribution in [1.82, 2.24) is 5.32 Å². The van der Waals surface area contributed by atoms with Crippen LogP contribution in [0.3, 0.4) is 0 Å². The summed E-state index contributed by atoms with van der Waals surface area (Å²) in [6, 6.07) is 21.4. The van der Waals surface area contributed by atoms with E-state index in [4.69, 9.17) is 40.2 Å². The molecule has 0 unspecified atom stereocenters. The van der Waals surface area contributed by atoms with Crippen LogP contribution in [-0.2, 0) is 13.2 Å². The van der Waals surface area contributed by atoms with E-state index in [9.17, 15) is 0 Å². The van der Waals surface area contributed by atoms with Crippen molar-refractivity contribution >= 4 is 40.4 Å². The lowest BCUT2D eigenvalue weighted by molar-refractivity contribution is 0.306. The molecular formula is C22H19Cl2NOS. The van der Waals surface area contributed by atoms with E-state index in [1.165, 1.54) is 11.1 Å². The van der Waals surface area contributed by atoms with Crippen LogP contribution in [0.1, 0.15) is 22.3 Å². The standard InChI is InChI=1S/C22H19Cl2NOS/c1-15-5-2-6-16(11-15)13-25-22(27)17-7-3-8-18(12-17)26-14-19-20(23)9-4-10-21(19)24/h2-12H,13-14H2,1H3,(H,25,27). The molecule has 5 heteroatoms. The highest BCUT2D eigenvalue weighted by Crippen LogP contribution is 2.26. The van der Waals surface area contributed by atoms with Gasteiger partial charge in [0.15, 0.2) is 0 Å². The Morgan fingerprint density at radius 3 is 2.41 bits per heavy atom. The second kappa shape index (κ2) is 9.23. The highest BCUT2D eigenvalue weighted by molar-refractivity contribution is 7.80. The van der Waals surface area contributed by atoms with Crippen molar-refractivity contribution in [2.24, 2.45) is 0 Å². The monoisotopic (exact) mass is 415 g/mol. The van der Waals surface area contributed by atoms with Crippen LogP contribution in [0, 0.1) is 6.92 Å². The Labute approximate surface area is 175 Å². The molecule has 0 radical (unpaired) electrons. The molecule has 2 nitrogen and oxygen atoms in total. The zero-order valence-corrected chi connectivity index (χ0v) is 17.2. The molecule has 27 heavy (non-hydrogen) atoms. The van der Waals surface area contributed by atoms with E-state index in [0.717, 1.165) is 11.1 Å². The van der Waals surface area contributed by atoms with Gasteiger partial charge in [0, 0.05) is 27.7 Å². The Balaban J connectivity index is 1.63. The lowest BCUT2D eigenvalue weighted by Crippen LogP contribution is -2.21. The molecule has 0 aliphatic rings. The molecule has 138 valence electrons. The van der Waals surface area contributed by atoms with Gasteiger partial charge in [0.1, 0.15) is 17.3 Å². The number of hydrogen-bond acceptors (Lipinski definition) is 2. The Hall–Kier alpha value is -2.07. The number of thiocarbonyl (C=S) groups is 1. The Morgan fingerprint density at radius 2 is 1.67 bits per heavy atom. The van der Waals surface area contributed by atoms with Crippen LogP contribution in [-0.4, -0.2) is 4.99 Å². The molecule has 1 N–H and O–H groups in total. The quantitative estimate of drug-likeness (QED) is 0.474. The summed E-state index contributed by atoms with van der Waals surface area (Å²) in [6.45, 7) is 3.06. The molecule has 0 saturated heterocycles. The maximum absolute atomic E-state index is 6.19. The van der Waals surface area contributed by atoms with Crippen LogP contribution in [0.25, 0.3) is 0 Å². The highest BCUT2D eigenvalue weighted by atomic mass is 35.5. The van der Waals surface area contributed by atoms with Crippen LogP contribution in [0.4, 0.5) is 0 Å². The molecule has 0 amide bonds. The summed E-state index contributed by atoms with van der Waals surface area (Å²) in [5.74, 6) is 0.711. The average molecular weight is 416 g/mol. The zero-order chi connectivity index (χ0) is 19.2. The van der Waals surface area contributed by atoms with Gasteiger partial charge < -0.3 is 10.1 Å². The second-order valence-electron chi connectivity index (χ2n) is 6.19. The topological polar surface area (TPSA) is 21.3 Å². The molecule has 0 bridgehead atoms. The number of rotatable bonds is 6. The van der Waals surface area contributed by atoms with Crippen molar-refractivity contribution in [2.45, 2.75) is 20.1 Å². The summed E-state index contributed by atoms with van der Waals surface area (Å²) >= 11 is 17.9. The van der Waals surface area contributed by atoms with E-state index in [-0.39, 0.29) is 0 Å². The van der Waals surface area contributed by atoms with Crippen LogP contribution in [0.2, 0.25) is 10.0 Å². The summed E-state index contributed by atoms with van der Waals surface area (Å²) in [4.78, 5) is 0.678. The minimum atomic E-state index is 0.297. The van der Waals surface area contributed by atoms with E-state index >= 15 is 0 Å². The van der Waals surface area contributed by atoms with Gasteiger partial charge in [-0.2, -0.15) is 0 Å². The second-order valence-corrected chi connectivity index (χ2v) is 7.41. The predicted octanol–water partition coefficient (Wildman–Crippen LogP) is 6.35. The first kappa shape index (κ1) is 19.7. The molecular weight excluding hydrogens is 397 g/mol. The molecule has 3 aromatic rings. The van der Waals surface area contributed by atoms with Crippen molar-refractivity contribution in [2.75, 3.05) is 0 Å². The van der Waals surface area contributed by atoms with Gasteiger partial charge in [0.05, 0.1) is 0 Å². The SMILES string of the molecule is Cc1cccc(CNC(=S)c2cccc(OCc3c(Cl)cccc3Cl)c2)c1. The van der Waals surface area contributed by atoms with Gasteiger partial charge in [-0.05, 0) is 36.8 Å². The number of nitrogens with one attached hydrogen (secondary N) is 1. The third-order valence-electron chi connectivity index (χ3n) is 4.08. The van der Waals surface area contributed by atoms with E-state index in [1.807, 2.05) is 36.4 Å². The van der Waals surface area contributed by atoms with Gasteiger partial charge in [-0.3, -0.25) is 0 Å². The Kier molecular flexibility index (Phi) is 6.73. The summed E-state index contributed by atoms with van der Waals surface area (Å²) in [5.41, 5.74) is 4.10. The lowest BCUT2D eigenvalue weighted by Gasteiger charge is -2.12. The summed E-state index contributed by atoms with van der Waals surface area (Å²) in [7, 11) is 0. The third kappa shape index (κ3) is 5.46. The van der Waals surface area contributed by atoms with E-state index in [0.29, 0.717) is 33.9 Å². The number of benzene rings is 3. The molecule has 0 aliphatic heterocycles. The number of halogens is 2. The molecule has 0 atom stereocenters. The van der Waals surface area contributed by atoms with E-state index in [2.05, 4.69) is 30.4 Å². The number of hydrogen-bond donors (Lipinski definition) is 1. The zero-order valence-electron chi connectivity index (χ0n) is 14.8. The van der Waals surface area contributed by atoms with Gasteiger partial charge >= 0.3 is 0 Å². The summed E-state index contributed by atoms with van der Waals surface area (Å²) < 4.78 is 5.87. The molecule has 0 spiro atoms. The van der Waals surface area contributed by atoms with Crippen molar-refractivity contribution < 1.29 is 4.74 Å². The van der Waals surface area contributed by atoms with Crippen molar-refractivity contribution in [3.63, 3.8) is 0 Å². The smallest absolute Gasteiger partial charge is 0.120 e. The maximum Gasteiger partial charge on any atom is 0.120 e. The van der Waals surface area contributed by atoms with E-state index < -0.39 is 0 Å². The minimum Gasteiger partial charge on any atom is -0.489 e. The number of ether oxygens (including phenoxy) is 1. The normalized spacial score (nSPS) is 10.5. The Morgan fingerprint density at radius 1 is 0.963 bits per heavy atom. The fraction of sp³-hybridized carbons (Fsp3) is 0.136. The van der Waals surface area contributed by atoms with Gasteiger partial charge in [-0.25, -0.2) is 0 Å². The van der Waals surface area contributed by atoms with Gasteiger partial charge in [0.2, 0.25) is 0 Å². The van der Waals surface area contributed by atoms with Crippen LogP contribution < -0.4 is 10.1 Å². The van der Waals surface area contributed by atoms with E-state index in [1.54, 1.807) is 12.1 Å². The molecule has 0 saturated carbocycles. The fourth-order valence-corrected chi connectivity index (χ4v) is 3.37. The number of aryl methyl sites for hydroxylation is 1. The lowest BCUT2D eigenvalue weighted by atomic mass is 10.1. The van der Waals surface area contributed by atoms with Gasteiger partial charge in [0.25, 0.3) is 0 Å². The Bertz CT molecular complexity index is 938. The maximum atomic E-state index is 6.19. The van der Waals surface area contributed by atoms with Gasteiger partial charge in [-0.15, -0.1) is 0 Å². The molecule has 0 aromatic heterocycles. The fourth-order valence-electron chi connectivity index (χ4n) is 2.66. The van der Waals surface area contributed by atoms with Crippen molar-refractivity contribution in [1.29, 1.82) is 0 Å². The highest BCUT2D eigenvalue weighted by Gasteiger charge is 2.08. The van der Waals surface area contributed by atoms with Crippen LogP contribution in [0.15, 0.2) is 66.7 Å². The molecule has 3 aromatic carbocycles. The summed E-state index contributed by atoms with van der Waals surface area (Å²) in [5, 5.41) is 4.48. The predicted molar refractivity (Wildman–Crippen MR) is 117 cm³/mol. The first-order valence-electron chi connectivity index (χ1n) is 8.52. The van der Waals surface area contributed by atoms with Crippen LogP contribution >= 0.6 is 35.4 Å². The molecule has 3 rings (SSSR count). The summed E-state index contributed by atoms with van der Waals surface area (Å²) in [6.07, 6.45) is 0. The molecule has 0 fully saturated rings. The van der Waals surface area contributed by atoms with Crippen LogP contribution in [0.5, 0.6) is 5.75 Å². The van der Waals surface area contributed by atoms with Crippen molar-refractivity contribution in [3.8, 4) is 5.75 Å². The molecule has 0 heterocycles. The minimum absolute atomic E-state index is 0.297. The third-order valence-corrected chi connectivity index (χ3v) is 5.16. The first-order chi connectivity index (χ1) is 13.0. The first-order valence-corrected chi connectivity index (χ1v) is 9.69. The largest absolute Gasteiger partial charge is 0.489 e.